The van der Waals surface area contributed by atoms with Crippen molar-refractivity contribution < 1.29 is 28.6 Å². The van der Waals surface area contributed by atoms with Crippen LogP contribution >= 0.6 is 0 Å². The lowest BCUT2D eigenvalue weighted by molar-refractivity contribution is -0.167. The maximum atomic E-state index is 12.9. The van der Waals surface area contributed by atoms with Gasteiger partial charge < -0.3 is 14.2 Å². The molecule has 0 heterocycles. The minimum Gasteiger partial charge on any atom is -0.462 e. The molecule has 0 aliphatic carbocycles. The van der Waals surface area contributed by atoms with Crippen LogP contribution in [0.15, 0.2) is 146 Å². The van der Waals surface area contributed by atoms with Crippen molar-refractivity contribution >= 4 is 17.9 Å². The Morgan fingerprint density at radius 1 is 0.266 bits per heavy atom. The molecular weight excluding hydrogens is 973 g/mol. The van der Waals surface area contributed by atoms with Crippen molar-refractivity contribution in [1.82, 2.24) is 0 Å². The molecule has 0 N–H and O–H groups in total. The third-order valence-electron chi connectivity index (χ3n) is 13.3. The van der Waals surface area contributed by atoms with Crippen molar-refractivity contribution in [2.75, 3.05) is 13.2 Å². The van der Waals surface area contributed by atoms with Gasteiger partial charge in [0.05, 0.1) is 0 Å². The second-order valence-corrected chi connectivity index (χ2v) is 20.9. The van der Waals surface area contributed by atoms with Crippen LogP contribution in [0.4, 0.5) is 0 Å². The topological polar surface area (TPSA) is 78.9 Å². The summed E-state index contributed by atoms with van der Waals surface area (Å²) in [6.45, 7) is 6.36. The molecule has 0 aromatic heterocycles. The summed E-state index contributed by atoms with van der Waals surface area (Å²) in [5.41, 5.74) is 0. The zero-order chi connectivity index (χ0) is 57.1. The van der Waals surface area contributed by atoms with Gasteiger partial charge in [-0.1, -0.05) is 263 Å². The molecule has 0 spiro atoms. The minimum atomic E-state index is -0.812. The Bertz CT molecular complexity index is 1730. The zero-order valence-corrected chi connectivity index (χ0v) is 51.1. The summed E-state index contributed by atoms with van der Waals surface area (Å²) in [6, 6.07) is 0. The number of ether oxygens (including phenoxy) is 3. The number of carbonyl (C=O) groups is 3. The van der Waals surface area contributed by atoms with Crippen LogP contribution in [0.1, 0.15) is 278 Å². The molecule has 79 heavy (non-hydrogen) atoms. The molecule has 0 rings (SSSR count). The molecular formula is C73H118O6. The molecule has 0 radical (unpaired) electrons. The standard InChI is InChI=1S/C73H118O6/c1-4-7-10-13-16-19-22-25-28-29-30-31-32-33-34-35-36-37-38-39-40-41-42-43-46-48-51-54-57-60-63-66-72(75)78-69-70(79-73(76)67-64-61-58-55-52-49-45-27-24-21-18-15-12-9-6-3)68-77-71(74)65-62-59-56-53-50-47-44-26-23-20-17-14-11-8-5-2/h7,9-10,12,16,18-19,21,25-28,30-31,33-34,36-37,39-40,44-45,52,55,70H,4-6,8,11,13-15,17,20,22-24,29,32,35,38,41-43,46-51,53-54,56-69H2,1-3H3/b10-7-,12-9-,19-16-,21-18-,28-25-,31-30-,34-33-,37-36-,40-39-,44-26-,45-27-,55-52-. The van der Waals surface area contributed by atoms with E-state index in [9.17, 15) is 14.4 Å². The van der Waals surface area contributed by atoms with Crippen LogP contribution in [0.3, 0.4) is 0 Å². The Balaban J connectivity index is 4.35. The molecule has 6 heteroatoms. The van der Waals surface area contributed by atoms with E-state index in [1.807, 2.05) is 0 Å². The van der Waals surface area contributed by atoms with Gasteiger partial charge in [-0.15, -0.1) is 0 Å². The summed E-state index contributed by atoms with van der Waals surface area (Å²) in [4.78, 5) is 38.3. The Kier molecular flexibility index (Phi) is 61.9. The molecule has 0 saturated heterocycles. The van der Waals surface area contributed by atoms with Gasteiger partial charge in [-0.3, -0.25) is 14.4 Å². The Morgan fingerprint density at radius 3 is 0.810 bits per heavy atom. The maximum Gasteiger partial charge on any atom is 0.306 e. The Labute approximate surface area is 487 Å². The summed E-state index contributed by atoms with van der Waals surface area (Å²) in [6.07, 6.45) is 94.3. The van der Waals surface area contributed by atoms with E-state index >= 15 is 0 Å². The van der Waals surface area contributed by atoms with E-state index < -0.39 is 6.10 Å². The van der Waals surface area contributed by atoms with Crippen molar-refractivity contribution in [3.8, 4) is 0 Å². The monoisotopic (exact) mass is 1090 g/mol. The molecule has 1 unspecified atom stereocenters. The van der Waals surface area contributed by atoms with Crippen molar-refractivity contribution in [1.29, 1.82) is 0 Å². The molecule has 6 nitrogen and oxygen atoms in total. The summed E-state index contributed by atoms with van der Waals surface area (Å²) >= 11 is 0. The molecule has 0 amide bonds. The quantitative estimate of drug-likeness (QED) is 0.0261. The number of esters is 3. The number of unbranched alkanes of at least 4 members (excludes halogenated alkanes) is 22. The van der Waals surface area contributed by atoms with E-state index in [0.29, 0.717) is 19.3 Å². The van der Waals surface area contributed by atoms with Crippen LogP contribution in [0.25, 0.3) is 0 Å². The fourth-order valence-electron chi connectivity index (χ4n) is 8.53. The van der Waals surface area contributed by atoms with E-state index in [-0.39, 0.29) is 37.5 Å². The predicted molar refractivity (Wildman–Crippen MR) is 343 cm³/mol. The van der Waals surface area contributed by atoms with Gasteiger partial charge in [0.25, 0.3) is 0 Å². The number of hydrogen-bond acceptors (Lipinski definition) is 6. The van der Waals surface area contributed by atoms with Crippen LogP contribution < -0.4 is 0 Å². The molecule has 0 bridgehead atoms. The average Bonchev–Trinajstić information content (AvgIpc) is 3.45. The largest absolute Gasteiger partial charge is 0.462 e. The van der Waals surface area contributed by atoms with E-state index in [2.05, 4.69) is 167 Å². The highest BCUT2D eigenvalue weighted by molar-refractivity contribution is 5.71. The highest BCUT2D eigenvalue weighted by Gasteiger charge is 2.19. The predicted octanol–water partition coefficient (Wildman–Crippen LogP) is 22.3. The van der Waals surface area contributed by atoms with Crippen molar-refractivity contribution in [3.63, 3.8) is 0 Å². The lowest BCUT2D eigenvalue weighted by atomic mass is 10.1. The van der Waals surface area contributed by atoms with Gasteiger partial charge in [-0.2, -0.15) is 0 Å². The van der Waals surface area contributed by atoms with Gasteiger partial charge >= 0.3 is 17.9 Å². The van der Waals surface area contributed by atoms with Crippen LogP contribution in [0.2, 0.25) is 0 Å². The number of rotatable bonds is 57. The Morgan fingerprint density at radius 2 is 0.494 bits per heavy atom. The number of allylic oxidation sites excluding steroid dienone is 24. The summed E-state index contributed by atoms with van der Waals surface area (Å²) < 4.78 is 16.9. The number of carbonyl (C=O) groups excluding carboxylic acids is 3. The second kappa shape index (κ2) is 65.8. The first-order valence-corrected chi connectivity index (χ1v) is 32.3. The minimum absolute atomic E-state index is 0.105. The average molecular weight is 1090 g/mol. The smallest absolute Gasteiger partial charge is 0.306 e. The van der Waals surface area contributed by atoms with Gasteiger partial charge in [0.2, 0.25) is 0 Å². The lowest BCUT2D eigenvalue weighted by Gasteiger charge is -2.18. The second-order valence-electron chi connectivity index (χ2n) is 20.9. The first-order chi connectivity index (χ1) is 39.0. The highest BCUT2D eigenvalue weighted by atomic mass is 16.6. The third kappa shape index (κ3) is 64.0. The zero-order valence-electron chi connectivity index (χ0n) is 51.1. The van der Waals surface area contributed by atoms with E-state index in [0.717, 1.165) is 141 Å². The van der Waals surface area contributed by atoms with Crippen LogP contribution in [-0.2, 0) is 28.6 Å². The maximum absolute atomic E-state index is 12.9. The van der Waals surface area contributed by atoms with Gasteiger partial charge in [0.1, 0.15) is 13.2 Å². The van der Waals surface area contributed by atoms with Crippen molar-refractivity contribution in [2.45, 2.75) is 284 Å². The SMILES string of the molecule is CC/C=C\C/C=C\C/C=C\C/C=C\C/C=C\C/C=C\C/C=C\CCCCCCCCCCCC(=O)OCC(COC(=O)CCCCCCC/C=C\CCCCCCCC)OC(=O)CCCC/C=C\C/C=C\C/C=C\C/C=C\CC. The third-order valence-corrected chi connectivity index (χ3v) is 13.3. The van der Waals surface area contributed by atoms with Gasteiger partial charge in [-0.25, -0.2) is 0 Å². The summed E-state index contributed by atoms with van der Waals surface area (Å²) in [5, 5.41) is 0. The van der Waals surface area contributed by atoms with Gasteiger partial charge in [0, 0.05) is 19.3 Å². The number of hydrogen-bond donors (Lipinski definition) is 0. The molecule has 0 aromatic rings. The molecule has 446 valence electrons. The van der Waals surface area contributed by atoms with E-state index in [1.54, 1.807) is 0 Å². The molecule has 1 atom stereocenters. The first kappa shape index (κ1) is 74.3. The van der Waals surface area contributed by atoms with Crippen molar-refractivity contribution in [3.05, 3.63) is 146 Å². The van der Waals surface area contributed by atoms with Gasteiger partial charge in [0.15, 0.2) is 6.10 Å². The van der Waals surface area contributed by atoms with Crippen molar-refractivity contribution in [2.24, 2.45) is 0 Å². The molecule has 0 fully saturated rings. The molecule has 0 aliphatic rings. The first-order valence-electron chi connectivity index (χ1n) is 32.3. The van der Waals surface area contributed by atoms with Gasteiger partial charge in [-0.05, 0) is 141 Å². The van der Waals surface area contributed by atoms with E-state index in [1.165, 1.54) is 89.9 Å². The fourth-order valence-corrected chi connectivity index (χ4v) is 8.53. The molecule has 0 aliphatic heterocycles. The fraction of sp³-hybridized carbons (Fsp3) is 0.630. The normalized spacial score (nSPS) is 13.1. The van der Waals surface area contributed by atoms with Crippen LogP contribution in [-0.4, -0.2) is 37.2 Å². The summed E-state index contributed by atoms with van der Waals surface area (Å²) in [5.74, 6) is -0.961. The van der Waals surface area contributed by atoms with E-state index in [4.69, 9.17) is 14.2 Å². The Hall–Kier alpha value is -4.71. The lowest BCUT2D eigenvalue weighted by Crippen LogP contribution is -2.30. The molecule has 0 saturated carbocycles. The molecule has 0 aromatic carbocycles. The van der Waals surface area contributed by atoms with Crippen LogP contribution in [0, 0.1) is 0 Å². The highest BCUT2D eigenvalue weighted by Crippen LogP contribution is 2.15. The van der Waals surface area contributed by atoms with Crippen LogP contribution in [0.5, 0.6) is 0 Å². The summed E-state index contributed by atoms with van der Waals surface area (Å²) in [7, 11) is 0.